The SMILES string of the molecule is CCCCCCCCCCOc1ccc2c3c(oc2c1)C1=C2C(=O)N4C=Cc5c(oc6cc(C)ccc56)C4=C2C(=O)N1C=C3. The summed E-state index contributed by atoms with van der Waals surface area (Å²) < 4.78 is 18.8. The van der Waals surface area contributed by atoms with Gasteiger partial charge in [0.15, 0.2) is 11.5 Å². The highest BCUT2D eigenvalue weighted by Crippen LogP contribution is 2.52. The van der Waals surface area contributed by atoms with Crippen molar-refractivity contribution in [1.82, 2.24) is 9.80 Å². The van der Waals surface area contributed by atoms with Crippen molar-refractivity contribution >= 4 is 57.3 Å². The fraction of sp³-hybridized carbons (Fsp3) is 0.297. The number of benzene rings is 2. The lowest BCUT2D eigenvalue weighted by molar-refractivity contribution is -0.122. The van der Waals surface area contributed by atoms with E-state index in [4.69, 9.17) is 13.6 Å². The number of amides is 2. The average Bonchev–Trinajstić information content (AvgIpc) is 3.74. The van der Waals surface area contributed by atoms with Gasteiger partial charge in [0.2, 0.25) is 0 Å². The highest BCUT2D eigenvalue weighted by molar-refractivity contribution is 6.32. The molecule has 0 aliphatic carbocycles. The summed E-state index contributed by atoms with van der Waals surface area (Å²) in [6.45, 7) is 4.92. The van der Waals surface area contributed by atoms with Gasteiger partial charge in [-0.25, -0.2) is 0 Å². The van der Waals surface area contributed by atoms with Crippen LogP contribution in [-0.2, 0) is 9.59 Å². The van der Waals surface area contributed by atoms with Crippen LogP contribution >= 0.6 is 0 Å². The Morgan fingerprint density at radius 3 is 1.84 bits per heavy atom. The second-order valence-corrected chi connectivity index (χ2v) is 12.1. The van der Waals surface area contributed by atoms with Gasteiger partial charge in [0.05, 0.1) is 17.8 Å². The molecule has 222 valence electrons. The van der Waals surface area contributed by atoms with Gasteiger partial charge in [-0.2, -0.15) is 0 Å². The summed E-state index contributed by atoms with van der Waals surface area (Å²) in [6, 6.07) is 11.9. The third-order valence-corrected chi connectivity index (χ3v) is 9.13. The number of rotatable bonds is 10. The molecule has 7 heteroatoms. The lowest BCUT2D eigenvalue weighted by Crippen LogP contribution is -2.26. The van der Waals surface area contributed by atoms with E-state index in [1.54, 1.807) is 12.4 Å². The Labute approximate surface area is 255 Å². The van der Waals surface area contributed by atoms with Gasteiger partial charge in [0, 0.05) is 40.4 Å². The molecule has 4 aromatic rings. The van der Waals surface area contributed by atoms with Crippen molar-refractivity contribution in [2.45, 2.75) is 65.2 Å². The van der Waals surface area contributed by atoms with E-state index >= 15 is 0 Å². The van der Waals surface area contributed by atoms with Gasteiger partial charge >= 0.3 is 0 Å². The maximum absolute atomic E-state index is 13.9. The third-order valence-electron chi connectivity index (χ3n) is 9.13. The van der Waals surface area contributed by atoms with Gasteiger partial charge in [0.1, 0.15) is 28.3 Å². The van der Waals surface area contributed by atoms with Crippen LogP contribution in [0, 0.1) is 6.92 Å². The quantitative estimate of drug-likeness (QED) is 0.174. The summed E-state index contributed by atoms with van der Waals surface area (Å²) in [5.41, 5.74) is 5.84. The summed E-state index contributed by atoms with van der Waals surface area (Å²) >= 11 is 0. The third kappa shape index (κ3) is 4.02. The van der Waals surface area contributed by atoms with Crippen LogP contribution in [0.2, 0.25) is 0 Å². The summed E-state index contributed by atoms with van der Waals surface area (Å²) in [6.07, 6.45) is 17.2. The molecule has 2 aromatic heterocycles. The monoisotopic (exact) mass is 586 g/mol. The zero-order valence-electron chi connectivity index (χ0n) is 25.1. The molecule has 0 bridgehead atoms. The van der Waals surface area contributed by atoms with Crippen LogP contribution in [0.15, 0.2) is 68.8 Å². The summed E-state index contributed by atoms with van der Waals surface area (Å²) in [7, 11) is 0. The van der Waals surface area contributed by atoms with Gasteiger partial charge in [-0.15, -0.1) is 0 Å². The second kappa shape index (κ2) is 10.4. The number of ether oxygens (including phenoxy) is 1. The first kappa shape index (κ1) is 26.8. The Morgan fingerprint density at radius 2 is 1.23 bits per heavy atom. The maximum atomic E-state index is 13.9. The molecule has 4 aliphatic rings. The van der Waals surface area contributed by atoms with E-state index in [-0.39, 0.29) is 11.8 Å². The molecule has 8 rings (SSSR count). The number of furan rings is 2. The first-order valence-electron chi connectivity index (χ1n) is 15.8. The molecule has 0 saturated heterocycles. The molecule has 0 radical (unpaired) electrons. The Hall–Kier alpha value is -4.78. The van der Waals surface area contributed by atoms with Crippen molar-refractivity contribution in [3.05, 3.63) is 88.2 Å². The fourth-order valence-corrected chi connectivity index (χ4v) is 6.89. The van der Waals surface area contributed by atoms with Gasteiger partial charge in [0.25, 0.3) is 11.8 Å². The topological polar surface area (TPSA) is 76.1 Å². The number of fused-ring (bicyclic) bond motifs is 11. The van der Waals surface area contributed by atoms with Crippen LogP contribution < -0.4 is 4.74 Å². The molecule has 7 nitrogen and oxygen atoms in total. The Kier molecular flexibility index (Phi) is 6.36. The molecule has 4 aliphatic heterocycles. The van der Waals surface area contributed by atoms with Gasteiger partial charge in [-0.1, -0.05) is 64.0 Å². The smallest absolute Gasteiger partial charge is 0.265 e. The summed E-state index contributed by atoms with van der Waals surface area (Å²) in [5, 5.41) is 1.86. The van der Waals surface area contributed by atoms with Crippen molar-refractivity contribution in [2.75, 3.05) is 6.61 Å². The predicted octanol–water partition coefficient (Wildman–Crippen LogP) is 8.78. The van der Waals surface area contributed by atoms with E-state index in [0.717, 1.165) is 45.2 Å². The van der Waals surface area contributed by atoms with E-state index in [1.807, 2.05) is 55.5 Å². The zero-order chi connectivity index (χ0) is 29.9. The Balaban J connectivity index is 1.10. The van der Waals surface area contributed by atoms with Crippen LogP contribution in [0.25, 0.3) is 45.5 Å². The average molecular weight is 587 g/mol. The molecule has 44 heavy (non-hydrogen) atoms. The first-order chi connectivity index (χ1) is 21.5. The largest absolute Gasteiger partial charge is 0.493 e. The highest BCUT2D eigenvalue weighted by Gasteiger charge is 2.52. The van der Waals surface area contributed by atoms with Gasteiger partial charge < -0.3 is 13.6 Å². The lowest BCUT2D eigenvalue weighted by atomic mass is 10.0. The van der Waals surface area contributed by atoms with Crippen LogP contribution in [-0.4, -0.2) is 28.2 Å². The second-order valence-electron chi connectivity index (χ2n) is 12.1. The Bertz CT molecular complexity index is 2000. The minimum Gasteiger partial charge on any atom is -0.493 e. The molecular formula is C37H34N2O5. The molecular weight excluding hydrogens is 552 g/mol. The number of hydrogen-bond acceptors (Lipinski definition) is 5. The number of carbonyl (C=O) groups is 2. The van der Waals surface area contributed by atoms with Crippen LogP contribution in [0.4, 0.5) is 0 Å². The lowest BCUT2D eigenvalue weighted by Gasteiger charge is -2.23. The number of nitrogens with zero attached hydrogens (tertiary/aromatic N) is 2. The number of carbonyl (C=O) groups excluding carboxylic acids is 2. The van der Waals surface area contributed by atoms with E-state index < -0.39 is 0 Å². The highest BCUT2D eigenvalue weighted by atomic mass is 16.5. The Morgan fingerprint density at radius 1 is 0.682 bits per heavy atom. The van der Waals surface area contributed by atoms with E-state index in [9.17, 15) is 9.59 Å². The molecule has 0 saturated carbocycles. The normalized spacial score (nSPS) is 16.4. The van der Waals surface area contributed by atoms with Crippen molar-refractivity contribution in [3.63, 3.8) is 0 Å². The predicted molar refractivity (Wildman–Crippen MR) is 171 cm³/mol. The van der Waals surface area contributed by atoms with E-state index in [2.05, 4.69) is 6.92 Å². The summed E-state index contributed by atoms with van der Waals surface area (Å²) in [5.74, 6) is 1.26. The van der Waals surface area contributed by atoms with Crippen molar-refractivity contribution in [1.29, 1.82) is 0 Å². The number of hydrogen-bond donors (Lipinski definition) is 0. The zero-order valence-corrected chi connectivity index (χ0v) is 25.1. The van der Waals surface area contributed by atoms with Crippen LogP contribution in [0.1, 0.15) is 86.5 Å². The minimum absolute atomic E-state index is 0.268. The molecule has 0 fully saturated rings. The van der Waals surface area contributed by atoms with Gasteiger partial charge in [-0.3, -0.25) is 19.4 Å². The number of aryl methyl sites for hydroxylation is 1. The molecule has 2 aromatic carbocycles. The number of unbranched alkanes of at least 4 members (excludes halogenated alkanes) is 7. The maximum Gasteiger partial charge on any atom is 0.265 e. The van der Waals surface area contributed by atoms with E-state index in [0.29, 0.717) is 46.3 Å². The molecule has 0 spiro atoms. The fourth-order valence-electron chi connectivity index (χ4n) is 6.89. The van der Waals surface area contributed by atoms with Crippen LogP contribution in [0.5, 0.6) is 5.75 Å². The van der Waals surface area contributed by atoms with Crippen molar-refractivity contribution in [2.24, 2.45) is 0 Å². The standard InChI is InChI=1S/C37H34N2O5/c1-3-4-5-6-7-8-9-10-19-42-23-12-14-25-27-16-18-39-33(35(27)44-29(25)21-23)31-30(36(39)40)32-34-26(15-17-38(32)37(31)41)24-13-11-22(2)20-28(24)43-34/h11-18,20-21H,3-10,19H2,1-2H3. The molecule has 0 atom stereocenters. The summed E-state index contributed by atoms with van der Waals surface area (Å²) in [4.78, 5) is 30.9. The molecule has 2 amide bonds. The van der Waals surface area contributed by atoms with Crippen LogP contribution in [0.3, 0.4) is 0 Å². The van der Waals surface area contributed by atoms with Crippen molar-refractivity contribution in [3.8, 4) is 5.75 Å². The van der Waals surface area contributed by atoms with Gasteiger partial charge in [-0.05, 0) is 49.3 Å². The molecule has 0 N–H and O–H groups in total. The van der Waals surface area contributed by atoms with Crippen molar-refractivity contribution < 1.29 is 23.2 Å². The molecule has 6 heterocycles. The van der Waals surface area contributed by atoms with E-state index in [1.165, 1.54) is 54.7 Å². The first-order valence-corrected chi connectivity index (χ1v) is 15.8. The molecule has 0 unspecified atom stereocenters. The minimum atomic E-state index is -0.268.